The minimum Gasteiger partial charge on any atom is -0.506 e. The van der Waals surface area contributed by atoms with E-state index in [4.69, 9.17) is 0 Å². The molecular weight excluding hydrogens is 273 g/mol. The molecule has 3 N–H and O–H groups in total. The standard InChI is InChI=1S/C13H15F3N2O2/c1-7-5-17-6-9(7)12(20)18-10-4-8(13(14,15)16)2-3-11(10)19/h2-4,7,9,17,19H,5-6H2,1H3,(H,18,20). The summed E-state index contributed by atoms with van der Waals surface area (Å²) in [6, 6.07) is 2.43. The molecule has 1 aliphatic heterocycles. The number of benzene rings is 1. The SMILES string of the molecule is CC1CNCC1C(=O)Nc1cc(C(F)(F)F)ccc1O. The summed E-state index contributed by atoms with van der Waals surface area (Å²) >= 11 is 0. The number of phenols is 1. The van der Waals surface area contributed by atoms with Gasteiger partial charge in [0.25, 0.3) is 0 Å². The average Bonchev–Trinajstić information content (AvgIpc) is 2.77. The van der Waals surface area contributed by atoms with Gasteiger partial charge in [-0.25, -0.2) is 0 Å². The third-order valence-electron chi connectivity index (χ3n) is 3.44. The maximum atomic E-state index is 12.6. The number of hydrogen-bond donors (Lipinski definition) is 3. The van der Waals surface area contributed by atoms with Gasteiger partial charge in [0, 0.05) is 6.54 Å². The summed E-state index contributed by atoms with van der Waals surface area (Å²) in [5, 5.41) is 15.0. The van der Waals surface area contributed by atoms with E-state index in [-0.39, 0.29) is 23.3 Å². The van der Waals surface area contributed by atoms with Crippen LogP contribution in [0.15, 0.2) is 18.2 Å². The van der Waals surface area contributed by atoms with E-state index in [1.54, 1.807) is 0 Å². The summed E-state index contributed by atoms with van der Waals surface area (Å²) in [6.07, 6.45) is -4.52. The maximum absolute atomic E-state index is 12.6. The van der Waals surface area contributed by atoms with Crippen LogP contribution >= 0.6 is 0 Å². The van der Waals surface area contributed by atoms with E-state index in [9.17, 15) is 23.1 Å². The summed E-state index contributed by atoms with van der Waals surface area (Å²) in [4.78, 5) is 12.0. The van der Waals surface area contributed by atoms with Crippen molar-refractivity contribution in [3.63, 3.8) is 0 Å². The van der Waals surface area contributed by atoms with Crippen molar-refractivity contribution < 1.29 is 23.1 Å². The van der Waals surface area contributed by atoms with Gasteiger partial charge >= 0.3 is 6.18 Å². The predicted octanol–water partition coefficient (Wildman–Crippen LogP) is 2.21. The number of carbonyl (C=O) groups excluding carboxylic acids is 1. The summed E-state index contributed by atoms with van der Waals surface area (Å²) in [5.74, 6) is -0.992. The van der Waals surface area contributed by atoms with Crippen molar-refractivity contribution in [2.75, 3.05) is 18.4 Å². The van der Waals surface area contributed by atoms with Crippen LogP contribution in [-0.4, -0.2) is 24.1 Å². The number of alkyl halides is 3. The van der Waals surface area contributed by atoms with Crippen molar-refractivity contribution in [1.82, 2.24) is 5.32 Å². The van der Waals surface area contributed by atoms with E-state index >= 15 is 0 Å². The summed E-state index contributed by atoms with van der Waals surface area (Å²) in [7, 11) is 0. The second kappa shape index (κ2) is 5.32. The fourth-order valence-electron chi connectivity index (χ4n) is 2.20. The van der Waals surface area contributed by atoms with Crippen molar-refractivity contribution in [3.8, 4) is 5.75 Å². The molecule has 0 bridgehead atoms. The number of anilines is 1. The monoisotopic (exact) mass is 288 g/mol. The predicted molar refractivity (Wildman–Crippen MR) is 67.3 cm³/mol. The number of carbonyl (C=O) groups is 1. The molecule has 4 nitrogen and oxygen atoms in total. The zero-order chi connectivity index (χ0) is 14.9. The summed E-state index contributed by atoms with van der Waals surface area (Å²) < 4.78 is 37.8. The second-order valence-corrected chi connectivity index (χ2v) is 4.96. The Balaban J connectivity index is 2.18. The molecule has 0 saturated carbocycles. The molecule has 1 amide bonds. The highest BCUT2D eigenvalue weighted by Crippen LogP contribution is 2.34. The molecule has 0 aromatic heterocycles. The smallest absolute Gasteiger partial charge is 0.416 e. The topological polar surface area (TPSA) is 61.4 Å². The molecule has 20 heavy (non-hydrogen) atoms. The number of rotatable bonds is 2. The van der Waals surface area contributed by atoms with Crippen molar-refractivity contribution in [2.24, 2.45) is 11.8 Å². The van der Waals surface area contributed by atoms with Crippen LogP contribution < -0.4 is 10.6 Å². The molecular formula is C13H15F3N2O2. The largest absolute Gasteiger partial charge is 0.506 e. The lowest BCUT2D eigenvalue weighted by molar-refractivity contribution is -0.137. The lowest BCUT2D eigenvalue weighted by Crippen LogP contribution is -2.28. The first-order chi connectivity index (χ1) is 9.29. The molecule has 1 aromatic rings. The average molecular weight is 288 g/mol. The van der Waals surface area contributed by atoms with Gasteiger partial charge in [-0.3, -0.25) is 4.79 Å². The Labute approximate surface area is 114 Å². The van der Waals surface area contributed by atoms with Crippen LogP contribution in [0.4, 0.5) is 18.9 Å². The molecule has 2 unspecified atom stereocenters. The van der Waals surface area contributed by atoms with Crippen LogP contribution in [0.3, 0.4) is 0 Å². The molecule has 1 aliphatic rings. The number of hydrogen-bond acceptors (Lipinski definition) is 3. The van der Waals surface area contributed by atoms with Crippen LogP contribution in [0.25, 0.3) is 0 Å². The van der Waals surface area contributed by atoms with Crippen LogP contribution in [0.5, 0.6) is 5.75 Å². The number of aromatic hydroxyl groups is 1. The van der Waals surface area contributed by atoms with E-state index in [0.29, 0.717) is 13.1 Å². The van der Waals surface area contributed by atoms with Crippen molar-refractivity contribution in [3.05, 3.63) is 23.8 Å². The van der Waals surface area contributed by atoms with Crippen molar-refractivity contribution >= 4 is 11.6 Å². The number of phenolic OH excluding ortho intramolecular Hbond substituents is 1. The molecule has 1 heterocycles. The maximum Gasteiger partial charge on any atom is 0.416 e. The normalized spacial score (nSPS) is 22.8. The molecule has 2 rings (SSSR count). The fourth-order valence-corrected chi connectivity index (χ4v) is 2.20. The Morgan fingerprint density at radius 3 is 2.65 bits per heavy atom. The van der Waals surface area contributed by atoms with Crippen molar-refractivity contribution in [2.45, 2.75) is 13.1 Å². The highest BCUT2D eigenvalue weighted by molar-refractivity contribution is 5.94. The lowest BCUT2D eigenvalue weighted by Gasteiger charge is -2.16. The Morgan fingerprint density at radius 1 is 1.40 bits per heavy atom. The van der Waals surface area contributed by atoms with Crippen molar-refractivity contribution in [1.29, 1.82) is 0 Å². The van der Waals surface area contributed by atoms with E-state index in [0.717, 1.165) is 18.2 Å². The van der Waals surface area contributed by atoms with Gasteiger partial charge < -0.3 is 15.7 Å². The van der Waals surface area contributed by atoms with Gasteiger partial charge in [-0.1, -0.05) is 6.92 Å². The van der Waals surface area contributed by atoms with Gasteiger partial charge in [0.2, 0.25) is 5.91 Å². The van der Waals surface area contributed by atoms with Gasteiger partial charge in [-0.2, -0.15) is 13.2 Å². The molecule has 0 radical (unpaired) electrons. The first-order valence-electron chi connectivity index (χ1n) is 6.21. The van der Waals surface area contributed by atoms with E-state index in [2.05, 4.69) is 10.6 Å². The zero-order valence-electron chi connectivity index (χ0n) is 10.8. The number of halogens is 3. The highest BCUT2D eigenvalue weighted by atomic mass is 19.4. The zero-order valence-corrected chi connectivity index (χ0v) is 10.8. The Kier molecular flexibility index (Phi) is 3.89. The van der Waals surface area contributed by atoms with Crippen LogP contribution in [0.2, 0.25) is 0 Å². The van der Waals surface area contributed by atoms with Crippen LogP contribution in [-0.2, 0) is 11.0 Å². The molecule has 0 spiro atoms. The summed E-state index contributed by atoms with van der Waals surface area (Å²) in [5.41, 5.74) is -1.13. The van der Waals surface area contributed by atoms with Crippen LogP contribution in [0.1, 0.15) is 12.5 Å². The Bertz CT molecular complexity index is 517. The molecule has 1 fully saturated rings. The molecule has 2 atom stereocenters. The Morgan fingerprint density at radius 2 is 2.10 bits per heavy atom. The molecule has 1 saturated heterocycles. The second-order valence-electron chi connectivity index (χ2n) is 4.96. The molecule has 110 valence electrons. The summed E-state index contributed by atoms with van der Waals surface area (Å²) in [6.45, 7) is 3.05. The number of amides is 1. The van der Waals surface area contributed by atoms with Gasteiger partial charge in [0.1, 0.15) is 5.75 Å². The van der Waals surface area contributed by atoms with E-state index in [1.165, 1.54) is 0 Å². The van der Waals surface area contributed by atoms with Crippen LogP contribution in [0, 0.1) is 11.8 Å². The highest BCUT2D eigenvalue weighted by Gasteiger charge is 2.33. The number of nitrogens with one attached hydrogen (secondary N) is 2. The molecule has 0 aliphatic carbocycles. The van der Waals surface area contributed by atoms with E-state index < -0.39 is 17.6 Å². The van der Waals surface area contributed by atoms with Gasteiger partial charge in [-0.15, -0.1) is 0 Å². The minimum absolute atomic E-state index is 0.0999. The quantitative estimate of drug-likeness (QED) is 0.731. The molecule has 1 aromatic carbocycles. The lowest BCUT2D eigenvalue weighted by atomic mass is 9.97. The minimum atomic E-state index is -4.52. The van der Waals surface area contributed by atoms with Gasteiger partial charge in [0.15, 0.2) is 0 Å². The first kappa shape index (κ1) is 14.6. The third-order valence-corrected chi connectivity index (χ3v) is 3.44. The van der Waals surface area contributed by atoms with E-state index in [1.807, 2.05) is 6.92 Å². The first-order valence-corrected chi connectivity index (χ1v) is 6.21. The van der Waals surface area contributed by atoms with Gasteiger partial charge in [-0.05, 0) is 30.7 Å². The third kappa shape index (κ3) is 3.04. The fraction of sp³-hybridized carbons (Fsp3) is 0.462. The molecule has 7 heteroatoms. The van der Waals surface area contributed by atoms with Gasteiger partial charge in [0.05, 0.1) is 17.2 Å². The Hall–Kier alpha value is -1.76.